The molecule has 0 radical (unpaired) electrons. The number of quaternary nitrogens is 1. The summed E-state index contributed by atoms with van der Waals surface area (Å²) in [7, 11) is 3.27. The first-order chi connectivity index (χ1) is 5.55. The van der Waals surface area contributed by atoms with Crippen molar-refractivity contribution in [3.8, 4) is 0 Å². The summed E-state index contributed by atoms with van der Waals surface area (Å²) >= 11 is 0. The van der Waals surface area contributed by atoms with Gasteiger partial charge < -0.3 is 5.11 Å². The Bertz CT molecular complexity index is 280. The molecule has 1 amide bonds. The molecule has 1 rings (SSSR count). The lowest BCUT2D eigenvalue weighted by Crippen LogP contribution is -2.45. The summed E-state index contributed by atoms with van der Waals surface area (Å²) in [6.45, 7) is 0. The highest BCUT2D eigenvalue weighted by Crippen LogP contribution is 2.17. The molecule has 1 aromatic carbocycles. The topological polar surface area (TPSA) is 37.3 Å². The summed E-state index contributed by atoms with van der Waals surface area (Å²) < 4.78 is -0.138. The number of rotatable bonds is 1. The molecule has 0 saturated carbocycles. The van der Waals surface area contributed by atoms with Crippen molar-refractivity contribution in [1.82, 2.24) is 4.48 Å². The van der Waals surface area contributed by atoms with Crippen molar-refractivity contribution >= 4 is 11.8 Å². The monoisotopic (exact) mass is 166 g/mol. The van der Waals surface area contributed by atoms with Gasteiger partial charge in [-0.1, -0.05) is 18.2 Å². The highest BCUT2D eigenvalue weighted by molar-refractivity contribution is 5.79. The van der Waals surface area contributed by atoms with Crippen LogP contribution >= 0.6 is 0 Å². The van der Waals surface area contributed by atoms with Crippen LogP contribution in [0.5, 0.6) is 0 Å². The minimum atomic E-state index is -0.860. The number of para-hydroxylation sites is 1. The van der Waals surface area contributed by atoms with Crippen LogP contribution in [0.15, 0.2) is 30.3 Å². The Morgan fingerprint density at radius 2 is 1.75 bits per heavy atom. The third-order valence-corrected chi connectivity index (χ3v) is 1.88. The average molecular weight is 166 g/mol. The Hall–Kier alpha value is -1.35. The Morgan fingerprint density at radius 1 is 1.25 bits per heavy atom. The van der Waals surface area contributed by atoms with Gasteiger partial charge in [0.15, 0.2) is 0 Å². The predicted molar refractivity (Wildman–Crippen MR) is 48.1 cm³/mol. The van der Waals surface area contributed by atoms with Gasteiger partial charge in [-0.05, 0) is 12.1 Å². The highest BCUT2D eigenvalue weighted by atomic mass is 16.4. The van der Waals surface area contributed by atoms with E-state index in [0.717, 1.165) is 5.69 Å². The van der Waals surface area contributed by atoms with E-state index in [4.69, 9.17) is 5.11 Å². The maximum atomic E-state index is 10.8. The number of amides is 1. The lowest BCUT2D eigenvalue weighted by atomic mass is 10.3. The molecule has 0 aliphatic heterocycles. The number of carbonyl (C=O) groups is 1. The maximum Gasteiger partial charge on any atom is 0.518 e. The molecular formula is C9H12NO2+. The second kappa shape index (κ2) is 2.95. The fraction of sp³-hybridized carbons (Fsp3) is 0.222. The molecule has 0 atom stereocenters. The van der Waals surface area contributed by atoms with Crippen LogP contribution in [0.4, 0.5) is 10.5 Å². The molecule has 0 spiro atoms. The molecule has 0 unspecified atom stereocenters. The quantitative estimate of drug-likeness (QED) is 0.647. The maximum absolute atomic E-state index is 10.8. The Labute approximate surface area is 71.5 Å². The molecule has 0 fully saturated rings. The van der Waals surface area contributed by atoms with Crippen LogP contribution in [0.25, 0.3) is 0 Å². The second-order valence-electron chi connectivity index (χ2n) is 3.07. The molecule has 1 aromatic rings. The van der Waals surface area contributed by atoms with E-state index in [9.17, 15) is 4.79 Å². The molecule has 0 aliphatic carbocycles. The van der Waals surface area contributed by atoms with Gasteiger partial charge in [0.1, 0.15) is 5.69 Å². The molecule has 0 aromatic heterocycles. The van der Waals surface area contributed by atoms with Crippen LogP contribution < -0.4 is 4.48 Å². The third kappa shape index (κ3) is 1.46. The van der Waals surface area contributed by atoms with E-state index in [2.05, 4.69) is 0 Å². The van der Waals surface area contributed by atoms with Crippen molar-refractivity contribution in [3.05, 3.63) is 30.3 Å². The van der Waals surface area contributed by atoms with Gasteiger partial charge in [0.25, 0.3) is 0 Å². The van der Waals surface area contributed by atoms with Gasteiger partial charge >= 0.3 is 6.09 Å². The first-order valence-electron chi connectivity index (χ1n) is 3.68. The van der Waals surface area contributed by atoms with Crippen molar-refractivity contribution in [3.63, 3.8) is 0 Å². The van der Waals surface area contributed by atoms with Gasteiger partial charge in [-0.15, -0.1) is 0 Å². The van der Waals surface area contributed by atoms with Gasteiger partial charge in [-0.3, -0.25) is 0 Å². The molecule has 0 saturated heterocycles. The lowest BCUT2D eigenvalue weighted by Gasteiger charge is -2.21. The first kappa shape index (κ1) is 8.74. The van der Waals surface area contributed by atoms with Crippen molar-refractivity contribution < 1.29 is 9.90 Å². The van der Waals surface area contributed by atoms with Crippen LogP contribution in [0.1, 0.15) is 0 Å². The molecule has 64 valence electrons. The summed E-state index contributed by atoms with van der Waals surface area (Å²) in [4.78, 5) is 10.8. The standard InChI is InChI=1S/C9H11NO2/c1-10(2,9(11)12)8-6-4-3-5-7-8/h3-7H,1-2H3/p+1. The fourth-order valence-electron chi connectivity index (χ4n) is 0.911. The zero-order valence-electron chi connectivity index (χ0n) is 7.19. The summed E-state index contributed by atoms with van der Waals surface area (Å²) in [6.07, 6.45) is -0.860. The van der Waals surface area contributed by atoms with E-state index in [0.29, 0.717) is 0 Å². The van der Waals surface area contributed by atoms with Gasteiger partial charge in [-0.25, -0.2) is 0 Å². The predicted octanol–water partition coefficient (Wildman–Crippen LogP) is 1.93. The van der Waals surface area contributed by atoms with Crippen molar-refractivity contribution in [2.45, 2.75) is 0 Å². The number of nitrogens with zero attached hydrogens (tertiary/aromatic N) is 1. The van der Waals surface area contributed by atoms with Gasteiger partial charge in [-0.2, -0.15) is 9.28 Å². The average Bonchev–Trinajstić information content (AvgIpc) is 2.06. The smallest absolute Gasteiger partial charge is 0.435 e. The van der Waals surface area contributed by atoms with Crippen LogP contribution in [-0.4, -0.2) is 25.3 Å². The Kier molecular flexibility index (Phi) is 2.15. The van der Waals surface area contributed by atoms with Crippen LogP contribution in [-0.2, 0) is 0 Å². The molecule has 12 heavy (non-hydrogen) atoms. The van der Waals surface area contributed by atoms with E-state index in [1.165, 1.54) is 0 Å². The summed E-state index contributed by atoms with van der Waals surface area (Å²) in [5, 5.41) is 8.87. The van der Waals surface area contributed by atoms with Crippen molar-refractivity contribution in [2.75, 3.05) is 14.1 Å². The largest absolute Gasteiger partial charge is 0.518 e. The van der Waals surface area contributed by atoms with Gasteiger partial charge in [0.05, 0.1) is 14.1 Å². The molecule has 1 N–H and O–H groups in total. The third-order valence-electron chi connectivity index (χ3n) is 1.88. The van der Waals surface area contributed by atoms with Crippen LogP contribution in [0.3, 0.4) is 0 Å². The van der Waals surface area contributed by atoms with Crippen LogP contribution in [0.2, 0.25) is 0 Å². The molecule has 0 bridgehead atoms. The SMILES string of the molecule is C[N+](C)(C(=O)O)c1ccccc1. The summed E-state index contributed by atoms with van der Waals surface area (Å²) in [5.74, 6) is 0. The molecule has 3 nitrogen and oxygen atoms in total. The molecular weight excluding hydrogens is 154 g/mol. The zero-order chi connectivity index (χ0) is 9.19. The molecule has 0 heterocycles. The van der Waals surface area contributed by atoms with E-state index < -0.39 is 6.09 Å². The van der Waals surface area contributed by atoms with E-state index in [1.54, 1.807) is 26.2 Å². The summed E-state index contributed by atoms with van der Waals surface area (Å²) in [6, 6.07) is 9.13. The minimum absolute atomic E-state index is 0.138. The minimum Gasteiger partial charge on any atom is -0.435 e. The number of hydrogen-bond acceptors (Lipinski definition) is 1. The van der Waals surface area contributed by atoms with Crippen molar-refractivity contribution in [2.24, 2.45) is 0 Å². The molecule has 3 heteroatoms. The Balaban J connectivity index is 3.06. The normalized spacial score (nSPS) is 11.2. The van der Waals surface area contributed by atoms with E-state index in [-0.39, 0.29) is 4.48 Å². The second-order valence-corrected chi connectivity index (χ2v) is 3.07. The summed E-state index contributed by atoms with van der Waals surface area (Å²) in [5.41, 5.74) is 0.769. The highest BCUT2D eigenvalue weighted by Gasteiger charge is 2.28. The van der Waals surface area contributed by atoms with E-state index >= 15 is 0 Å². The number of benzene rings is 1. The number of hydrogen-bond donors (Lipinski definition) is 1. The van der Waals surface area contributed by atoms with Gasteiger partial charge in [0.2, 0.25) is 0 Å². The fourth-order valence-corrected chi connectivity index (χ4v) is 0.911. The van der Waals surface area contributed by atoms with Crippen LogP contribution in [0, 0.1) is 0 Å². The van der Waals surface area contributed by atoms with E-state index in [1.807, 2.05) is 18.2 Å². The first-order valence-corrected chi connectivity index (χ1v) is 3.68. The van der Waals surface area contributed by atoms with Crippen molar-refractivity contribution in [1.29, 1.82) is 0 Å². The number of carboxylic acid groups (broad SMARTS) is 1. The lowest BCUT2D eigenvalue weighted by molar-refractivity contribution is 0.165. The van der Waals surface area contributed by atoms with Gasteiger partial charge in [0, 0.05) is 0 Å². The zero-order valence-corrected chi connectivity index (χ0v) is 7.19. The molecule has 0 aliphatic rings. The Morgan fingerprint density at radius 3 is 2.17 bits per heavy atom.